The fourth-order valence-corrected chi connectivity index (χ4v) is 2.60. The Morgan fingerprint density at radius 3 is 3.00 bits per heavy atom. The molecule has 0 aliphatic carbocycles. The zero-order chi connectivity index (χ0) is 13.9. The predicted molar refractivity (Wildman–Crippen MR) is 73.9 cm³/mol. The van der Waals surface area contributed by atoms with E-state index in [1.807, 2.05) is 18.2 Å². The topological polar surface area (TPSA) is 71.7 Å². The highest BCUT2D eigenvalue weighted by Gasteiger charge is 2.21. The molecule has 106 valence electrons. The molecule has 1 aliphatic rings. The smallest absolute Gasteiger partial charge is 0.372 e. The molecule has 3 rings (SSSR count). The van der Waals surface area contributed by atoms with Crippen LogP contribution in [0.15, 0.2) is 28.7 Å². The summed E-state index contributed by atoms with van der Waals surface area (Å²) in [5.41, 5.74) is 1.32. The van der Waals surface area contributed by atoms with Crippen LogP contribution in [0.25, 0.3) is 11.0 Å². The SMILES string of the molecule is O=C(O)c1oc2ccccc2c1CNC1CCCOC1. The number of furan rings is 1. The van der Waals surface area contributed by atoms with Crippen LogP contribution in [0.1, 0.15) is 29.0 Å². The summed E-state index contributed by atoms with van der Waals surface area (Å²) in [6.07, 6.45) is 2.09. The normalized spacial score (nSPS) is 19.3. The highest BCUT2D eigenvalue weighted by Crippen LogP contribution is 2.26. The largest absolute Gasteiger partial charge is 0.475 e. The van der Waals surface area contributed by atoms with E-state index in [0.717, 1.165) is 24.8 Å². The minimum Gasteiger partial charge on any atom is -0.475 e. The van der Waals surface area contributed by atoms with Crippen LogP contribution in [-0.2, 0) is 11.3 Å². The molecule has 1 aromatic heterocycles. The Labute approximate surface area is 116 Å². The van der Waals surface area contributed by atoms with Crippen molar-refractivity contribution >= 4 is 16.9 Å². The third kappa shape index (κ3) is 2.55. The predicted octanol–water partition coefficient (Wildman–Crippen LogP) is 2.40. The third-order valence-electron chi connectivity index (χ3n) is 3.62. The summed E-state index contributed by atoms with van der Waals surface area (Å²) in [7, 11) is 0. The average molecular weight is 275 g/mol. The molecule has 2 N–H and O–H groups in total. The van der Waals surface area contributed by atoms with Crippen molar-refractivity contribution in [3.05, 3.63) is 35.6 Å². The van der Waals surface area contributed by atoms with Gasteiger partial charge in [-0.2, -0.15) is 0 Å². The number of carbonyl (C=O) groups is 1. The van der Waals surface area contributed by atoms with Gasteiger partial charge in [0.15, 0.2) is 0 Å². The maximum atomic E-state index is 11.3. The van der Waals surface area contributed by atoms with E-state index in [9.17, 15) is 9.90 Å². The molecule has 1 aromatic carbocycles. The fourth-order valence-electron chi connectivity index (χ4n) is 2.60. The van der Waals surface area contributed by atoms with Gasteiger partial charge in [-0.05, 0) is 18.9 Å². The molecule has 1 atom stereocenters. The average Bonchev–Trinajstić information content (AvgIpc) is 2.85. The van der Waals surface area contributed by atoms with E-state index in [1.165, 1.54) is 0 Å². The number of aromatic carboxylic acids is 1. The Morgan fingerprint density at radius 2 is 2.25 bits per heavy atom. The first-order valence-electron chi connectivity index (χ1n) is 6.80. The Morgan fingerprint density at radius 1 is 1.40 bits per heavy atom. The Hall–Kier alpha value is -1.85. The minimum atomic E-state index is -1.03. The Balaban J connectivity index is 1.84. The fraction of sp³-hybridized carbons (Fsp3) is 0.400. The first kappa shape index (κ1) is 13.1. The van der Waals surface area contributed by atoms with Crippen LogP contribution in [0, 0.1) is 0 Å². The van der Waals surface area contributed by atoms with Crippen LogP contribution >= 0.6 is 0 Å². The summed E-state index contributed by atoms with van der Waals surface area (Å²) in [4.78, 5) is 11.3. The zero-order valence-electron chi connectivity index (χ0n) is 11.1. The van der Waals surface area contributed by atoms with Gasteiger partial charge in [-0.1, -0.05) is 18.2 Å². The van der Waals surface area contributed by atoms with Crippen LogP contribution in [0.3, 0.4) is 0 Å². The summed E-state index contributed by atoms with van der Waals surface area (Å²) < 4.78 is 10.8. The summed E-state index contributed by atoms with van der Waals surface area (Å²) in [5, 5.41) is 13.5. The zero-order valence-corrected chi connectivity index (χ0v) is 11.1. The molecular weight excluding hydrogens is 258 g/mol. The molecule has 0 bridgehead atoms. The van der Waals surface area contributed by atoms with Crippen molar-refractivity contribution in [3.8, 4) is 0 Å². The van der Waals surface area contributed by atoms with Crippen molar-refractivity contribution in [3.63, 3.8) is 0 Å². The number of benzene rings is 1. The molecule has 0 amide bonds. The number of carboxylic acids is 1. The lowest BCUT2D eigenvalue weighted by Gasteiger charge is -2.23. The lowest BCUT2D eigenvalue weighted by atomic mass is 10.1. The number of rotatable bonds is 4. The maximum absolute atomic E-state index is 11.3. The second-order valence-electron chi connectivity index (χ2n) is 5.01. The highest BCUT2D eigenvalue weighted by atomic mass is 16.5. The van der Waals surface area contributed by atoms with Gasteiger partial charge < -0.3 is 19.6 Å². The molecule has 1 fully saturated rings. The highest BCUT2D eigenvalue weighted by molar-refractivity contribution is 5.95. The third-order valence-corrected chi connectivity index (χ3v) is 3.62. The molecule has 2 heterocycles. The second-order valence-corrected chi connectivity index (χ2v) is 5.01. The van der Waals surface area contributed by atoms with Gasteiger partial charge in [-0.15, -0.1) is 0 Å². The van der Waals surface area contributed by atoms with Gasteiger partial charge >= 0.3 is 5.97 Å². The molecule has 1 saturated heterocycles. The summed E-state index contributed by atoms with van der Waals surface area (Å²) >= 11 is 0. The van der Waals surface area contributed by atoms with Gasteiger partial charge in [0.25, 0.3) is 0 Å². The number of hydrogen-bond donors (Lipinski definition) is 2. The number of ether oxygens (including phenoxy) is 1. The van der Waals surface area contributed by atoms with Crippen LogP contribution in [0.4, 0.5) is 0 Å². The number of para-hydroxylation sites is 1. The Bertz CT molecular complexity index is 613. The van der Waals surface area contributed by atoms with Gasteiger partial charge in [0.2, 0.25) is 5.76 Å². The first-order valence-corrected chi connectivity index (χ1v) is 6.80. The van der Waals surface area contributed by atoms with Crippen LogP contribution < -0.4 is 5.32 Å². The molecule has 5 nitrogen and oxygen atoms in total. The van der Waals surface area contributed by atoms with Gasteiger partial charge in [0.1, 0.15) is 5.58 Å². The molecule has 0 saturated carbocycles. The summed E-state index contributed by atoms with van der Waals surface area (Å²) in [6.45, 7) is 1.97. The molecule has 1 unspecified atom stereocenters. The van der Waals surface area contributed by atoms with E-state index in [0.29, 0.717) is 24.3 Å². The van der Waals surface area contributed by atoms with Crippen molar-refractivity contribution in [2.24, 2.45) is 0 Å². The Kier molecular flexibility index (Phi) is 3.71. The number of hydrogen-bond acceptors (Lipinski definition) is 4. The number of carboxylic acid groups (broad SMARTS) is 1. The van der Waals surface area contributed by atoms with E-state index in [-0.39, 0.29) is 11.8 Å². The molecule has 0 spiro atoms. The van der Waals surface area contributed by atoms with Crippen LogP contribution in [-0.4, -0.2) is 30.3 Å². The van der Waals surface area contributed by atoms with Crippen LogP contribution in [0.5, 0.6) is 0 Å². The van der Waals surface area contributed by atoms with Crippen molar-refractivity contribution in [2.75, 3.05) is 13.2 Å². The number of fused-ring (bicyclic) bond motifs is 1. The number of nitrogens with one attached hydrogen (secondary N) is 1. The van der Waals surface area contributed by atoms with Crippen molar-refractivity contribution in [1.29, 1.82) is 0 Å². The molecule has 0 radical (unpaired) electrons. The first-order chi connectivity index (χ1) is 9.75. The molecule has 1 aliphatic heterocycles. The van der Waals surface area contributed by atoms with E-state index >= 15 is 0 Å². The molecule has 5 heteroatoms. The summed E-state index contributed by atoms with van der Waals surface area (Å²) in [6, 6.07) is 7.67. The quantitative estimate of drug-likeness (QED) is 0.896. The summed E-state index contributed by atoms with van der Waals surface area (Å²) in [5.74, 6) is -1.01. The monoisotopic (exact) mass is 275 g/mol. The van der Waals surface area contributed by atoms with Gasteiger partial charge in [0, 0.05) is 30.1 Å². The van der Waals surface area contributed by atoms with Crippen LogP contribution in [0.2, 0.25) is 0 Å². The van der Waals surface area contributed by atoms with Gasteiger partial charge in [-0.25, -0.2) is 4.79 Å². The van der Waals surface area contributed by atoms with E-state index in [2.05, 4.69) is 5.32 Å². The molecule has 2 aromatic rings. The standard InChI is InChI=1S/C15H17NO4/c17-15(18)14-12(8-16-10-4-3-7-19-9-10)11-5-1-2-6-13(11)20-14/h1-2,5-6,10,16H,3-4,7-9H2,(H,17,18). The van der Waals surface area contributed by atoms with Gasteiger partial charge in [0.05, 0.1) is 6.61 Å². The maximum Gasteiger partial charge on any atom is 0.372 e. The van der Waals surface area contributed by atoms with Crippen molar-refractivity contribution in [2.45, 2.75) is 25.4 Å². The lowest BCUT2D eigenvalue weighted by molar-refractivity contribution is 0.0658. The van der Waals surface area contributed by atoms with Crippen molar-refractivity contribution < 1.29 is 19.1 Å². The van der Waals surface area contributed by atoms with E-state index < -0.39 is 5.97 Å². The molecular formula is C15H17NO4. The lowest BCUT2D eigenvalue weighted by Crippen LogP contribution is -2.36. The minimum absolute atomic E-state index is 0.0235. The molecule has 20 heavy (non-hydrogen) atoms. The van der Waals surface area contributed by atoms with Crippen molar-refractivity contribution in [1.82, 2.24) is 5.32 Å². The second kappa shape index (κ2) is 5.64. The van der Waals surface area contributed by atoms with Gasteiger partial charge in [-0.3, -0.25) is 0 Å². The van der Waals surface area contributed by atoms with E-state index in [1.54, 1.807) is 6.07 Å². The van der Waals surface area contributed by atoms with E-state index in [4.69, 9.17) is 9.15 Å².